The Kier molecular flexibility index (Phi) is 3.40. The van der Waals surface area contributed by atoms with Crippen LogP contribution < -0.4 is 4.90 Å². The van der Waals surface area contributed by atoms with Crippen molar-refractivity contribution in [2.24, 2.45) is 0 Å². The molecule has 2 rings (SSSR count). The highest BCUT2D eigenvalue weighted by atomic mass is 15.1. The number of rotatable bonds is 4. The second-order valence-electron chi connectivity index (χ2n) is 3.99. The lowest BCUT2D eigenvalue weighted by Gasteiger charge is -2.22. The molecule has 1 heterocycles. The molecule has 0 spiro atoms. The smallest absolute Gasteiger partial charge is 0.0373 e. The summed E-state index contributed by atoms with van der Waals surface area (Å²) in [5.41, 5.74) is 1.30. The zero-order valence-electron chi connectivity index (χ0n) is 9.98. The average Bonchev–Trinajstić information content (AvgIpc) is 2.35. The van der Waals surface area contributed by atoms with Crippen molar-refractivity contribution in [3.8, 4) is 0 Å². The van der Waals surface area contributed by atoms with E-state index < -0.39 is 0 Å². The molecule has 0 atom stereocenters. The molecule has 84 valence electrons. The molecule has 2 aromatic rings. The van der Waals surface area contributed by atoms with Gasteiger partial charge in [0.25, 0.3) is 0 Å². The maximum atomic E-state index is 4.17. The number of nitrogens with zero attached hydrogens (tertiary/aromatic N) is 2. The van der Waals surface area contributed by atoms with Gasteiger partial charge in [0.05, 0.1) is 0 Å². The van der Waals surface area contributed by atoms with Gasteiger partial charge >= 0.3 is 0 Å². The van der Waals surface area contributed by atoms with Gasteiger partial charge in [-0.1, -0.05) is 13.0 Å². The molecular weight excluding hydrogens is 196 g/mol. The van der Waals surface area contributed by atoms with Crippen LogP contribution in [0.4, 0.5) is 5.69 Å². The molecule has 0 saturated heterocycles. The Labute approximate surface area is 96.9 Å². The van der Waals surface area contributed by atoms with Crippen molar-refractivity contribution in [3.63, 3.8) is 0 Å². The molecule has 0 aliphatic heterocycles. The monoisotopic (exact) mass is 214 g/mol. The van der Waals surface area contributed by atoms with Crippen LogP contribution in [0.1, 0.15) is 20.3 Å². The van der Waals surface area contributed by atoms with Gasteiger partial charge in [-0.25, -0.2) is 0 Å². The number of fused-ring (bicyclic) bond motifs is 1. The lowest BCUT2D eigenvalue weighted by atomic mass is 10.1. The molecule has 0 radical (unpaired) electrons. The zero-order chi connectivity index (χ0) is 11.4. The van der Waals surface area contributed by atoms with E-state index in [1.165, 1.54) is 22.9 Å². The Morgan fingerprint density at radius 2 is 2.00 bits per heavy atom. The quantitative estimate of drug-likeness (QED) is 0.774. The van der Waals surface area contributed by atoms with Crippen LogP contribution in [0.3, 0.4) is 0 Å². The van der Waals surface area contributed by atoms with E-state index in [1.807, 2.05) is 12.4 Å². The first kappa shape index (κ1) is 10.9. The molecule has 0 aliphatic carbocycles. The van der Waals surface area contributed by atoms with E-state index in [2.05, 4.69) is 48.0 Å². The molecule has 0 N–H and O–H groups in total. The molecule has 1 aromatic heterocycles. The second-order valence-corrected chi connectivity index (χ2v) is 3.99. The minimum Gasteiger partial charge on any atom is -0.372 e. The van der Waals surface area contributed by atoms with E-state index in [1.54, 1.807) is 0 Å². The average molecular weight is 214 g/mol. The number of pyridine rings is 1. The number of hydrogen-bond donors (Lipinski definition) is 0. The fourth-order valence-electron chi connectivity index (χ4n) is 2.01. The number of aromatic nitrogens is 1. The third-order valence-electron chi connectivity index (χ3n) is 2.86. The lowest BCUT2D eigenvalue weighted by Crippen LogP contribution is -2.23. The molecule has 2 nitrogen and oxygen atoms in total. The highest BCUT2D eigenvalue weighted by molar-refractivity contribution is 5.84. The van der Waals surface area contributed by atoms with Crippen molar-refractivity contribution in [1.82, 2.24) is 4.98 Å². The molecule has 0 saturated carbocycles. The summed E-state index contributed by atoms with van der Waals surface area (Å²) in [6.45, 7) is 6.58. The van der Waals surface area contributed by atoms with Crippen molar-refractivity contribution in [1.29, 1.82) is 0 Å². The standard InChI is InChI=1S/C14H18N2/c1-3-9-16(4-2)14-6-5-12-7-8-15-11-13(12)10-14/h5-8,10-11H,3-4,9H2,1-2H3. The summed E-state index contributed by atoms with van der Waals surface area (Å²) in [5, 5.41) is 2.47. The Morgan fingerprint density at radius 3 is 2.75 bits per heavy atom. The van der Waals surface area contributed by atoms with Crippen molar-refractivity contribution in [2.75, 3.05) is 18.0 Å². The Morgan fingerprint density at radius 1 is 1.12 bits per heavy atom. The zero-order valence-corrected chi connectivity index (χ0v) is 9.98. The van der Waals surface area contributed by atoms with Crippen LogP contribution in [0.2, 0.25) is 0 Å². The first-order valence-corrected chi connectivity index (χ1v) is 5.94. The summed E-state index contributed by atoms with van der Waals surface area (Å²) in [4.78, 5) is 6.56. The van der Waals surface area contributed by atoms with Gasteiger partial charge in [0.1, 0.15) is 0 Å². The number of hydrogen-bond acceptors (Lipinski definition) is 2. The van der Waals surface area contributed by atoms with E-state index in [4.69, 9.17) is 0 Å². The van der Waals surface area contributed by atoms with Gasteiger partial charge in [-0.3, -0.25) is 4.98 Å². The molecule has 16 heavy (non-hydrogen) atoms. The van der Waals surface area contributed by atoms with Crippen LogP contribution in [0, 0.1) is 0 Å². The molecule has 0 amide bonds. The highest BCUT2D eigenvalue weighted by Crippen LogP contribution is 2.21. The van der Waals surface area contributed by atoms with Crippen molar-refractivity contribution in [3.05, 3.63) is 36.7 Å². The fourth-order valence-corrected chi connectivity index (χ4v) is 2.01. The van der Waals surface area contributed by atoms with Crippen molar-refractivity contribution in [2.45, 2.75) is 20.3 Å². The summed E-state index contributed by atoms with van der Waals surface area (Å²) < 4.78 is 0. The normalized spacial score (nSPS) is 10.6. The SMILES string of the molecule is CCCN(CC)c1ccc2ccncc2c1. The van der Waals surface area contributed by atoms with Gasteiger partial charge in [-0.15, -0.1) is 0 Å². The first-order valence-electron chi connectivity index (χ1n) is 5.94. The van der Waals surface area contributed by atoms with Gasteiger partial charge in [-0.2, -0.15) is 0 Å². The van der Waals surface area contributed by atoms with Crippen LogP contribution in [-0.2, 0) is 0 Å². The molecule has 0 unspecified atom stereocenters. The summed E-state index contributed by atoms with van der Waals surface area (Å²) >= 11 is 0. The van der Waals surface area contributed by atoms with Crippen molar-refractivity contribution >= 4 is 16.5 Å². The minimum atomic E-state index is 1.06. The third-order valence-corrected chi connectivity index (χ3v) is 2.86. The Hall–Kier alpha value is -1.57. The first-order chi connectivity index (χ1) is 7.85. The van der Waals surface area contributed by atoms with Crippen LogP contribution in [0.15, 0.2) is 36.7 Å². The Bertz CT molecular complexity index is 465. The van der Waals surface area contributed by atoms with Crippen LogP contribution >= 0.6 is 0 Å². The topological polar surface area (TPSA) is 16.1 Å². The largest absolute Gasteiger partial charge is 0.372 e. The van der Waals surface area contributed by atoms with Gasteiger partial charge in [0.2, 0.25) is 0 Å². The van der Waals surface area contributed by atoms with E-state index >= 15 is 0 Å². The second kappa shape index (κ2) is 4.97. The minimum absolute atomic E-state index is 1.06. The maximum Gasteiger partial charge on any atom is 0.0373 e. The molecule has 0 aliphatic rings. The third kappa shape index (κ3) is 2.16. The Balaban J connectivity index is 2.37. The summed E-state index contributed by atoms with van der Waals surface area (Å²) in [7, 11) is 0. The molecule has 0 fully saturated rings. The predicted molar refractivity (Wildman–Crippen MR) is 69.9 cm³/mol. The lowest BCUT2D eigenvalue weighted by molar-refractivity contribution is 0.792. The van der Waals surface area contributed by atoms with Gasteiger partial charge in [-0.05, 0) is 36.9 Å². The summed E-state index contributed by atoms with van der Waals surface area (Å²) in [6.07, 6.45) is 4.95. The summed E-state index contributed by atoms with van der Waals surface area (Å²) in [6, 6.07) is 8.64. The highest BCUT2D eigenvalue weighted by Gasteiger charge is 2.03. The van der Waals surface area contributed by atoms with Crippen LogP contribution in [-0.4, -0.2) is 18.1 Å². The van der Waals surface area contributed by atoms with E-state index in [-0.39, 0.29) is 0 Å². The molecule has 2 heteroatoms. The van der Waals surface area contributed by atoms with Gasteiger partial charge in [0, 0.05) is 36.6 Å². The van der Waals surface area contributed by atoms with Crippen LogP contribution in [0.5, 0.6) is 0 Å². The van der Waals surface area contributed by atoms with E-state index in [0.29, 0.717) is 0 Å². The molecule has 0 bridgehead atoms. The van der Waals surface area contributed by atoms with Crippen LogP contribution in [0.25, 0.3) is 10.8 Å². The summed E-state index contributed by atoms with van der Waals surface area (Å²) in [5.74, 6) is 0. The van der Waals surface area contributed by atoms with Gasteiger partial charge in [0.15, 0.2) is 0 Å². The van der Waals surface area contributed by atoms with E-state index in [0.717, 1.165) is 13.1 Å². The van der Waals surface area contributed by atoms with E-state index in [9.17, 15) is 0 Å². The van der Waals surface area contributed by atoms with Crippen molar-refractivity contribution < 1.29 is 0 Å². The molecular formula is C14H18N2. The fraction of sp³-hybridized carbons (Fsp3) is 0.357. The maximum absolute atomic E-state index is 4.17. The number of benzene rings is 1. The van der Waals surface area contributed by atoms with Gasteiger partial charge < -0.3 is 4.90 Å². The number of anilines is 1. The molecule has 1 aromatic carbocycles. The predicted octanol–water partition coefficient (Wildman–Crippen LogP) is 3.47.